The summed E-state index contributed by atoms with van der Waals surface area (Å²) in [6, 6.07) is 14.8. The fraction of sp³-hybridized carbons (Fsp3) is 0.429. The van der Waals surface area contributed by atoms with E-state index in [0.717, 1.165) is 16.8 Å². The number of hydrogen-bond donors (Lipinski definition) is 0. The molecule has 0 radical (unpaired) electrons. The molecule has 23 heteroatoms. The highest BCUT2D eigenvalue weighted by Crippen LogP contribution is 2.50. The molecule has 10 rings (SSSR count). The Morgan fingerprint density at radius 3 is 1.42 bits per heavy atom. The standard InChI is InChI=1S/C21H17F6N5O2.C20H18F3N5O2.CH4/c22-20(23,24)16-5-6-32-19(28-16)29-17(30-32)18(33)31-9-12-7-11(8-13(12)10-31)14-3-1-2-4-15(14)34-21(25,26)27;21-20(22,23)30-16-5-2-1-4-15(16)12-8-13-10-27(11-14(13)9-12)18(29)17-25-19-24-6-3-7-28(19)26-17;/h1-6,11-13H,7-10H2;1-7,12-14H,8-11H2;1H4/t11?,12-,13+;12?,13-,14+;. The molecule has 2 saturated heterocycles. The number of fused-ring (bicyclic) bond motifs is 4. The van der Waals surface area contributed by atoms with Gasteiger partial charge >= 0.3 is 18.9 Å². The summed E-state index contributed by atoms with van der Waals surface area (Å²) in [7, 11) is 0. The Bertz CT molecular complexity index is 2640. The van der Waals surface area contributed by atoms with E-state index < -0.39 is 30.5 Å². The topological polar surface area (TPSA) is 145 Å². The van der Waals surface area contributed by atoms with Crippen LogP contribution < -0.4 is 9.47 Å². The number of alkyl halides is 9. The third kappa shape index (κ3) is 9.63. The van der Waals surface area contributed by atoms with E-state index in [2.05, 4.69) is 39.6 Å². The van der Waals surface area contributed by atoms with Gasteiger partial charge in [0.15, 0.2) is 0 Å². The third-order valence-electron chi connectivity index (χ3n) is 12.2. The lowest BCUT2D eigenvalue weighted by molar-refractivity contribution is -0.276. The summed E-state index contributed by atoms with van der Waals surface area (Å²) in [5.41, 5.74) is -0.0706. The number of amides is 2. The molecule has 2 unspecified atom stereocenters. The minimum absolute atomic E-state index is 0. The number of ether oxygens (including phenoxy) is 2. The van der Waals surface area contributed by atoms with Crippen LogP contribution in [0, 0.1) is 23.7 Å². The van der Waals surface area contributed by atoms with E-state index in [1.54, 1.807) is 47.6 Å². The average molecular weight is 919 g/mol. The molecule has 65 heavy (non-hydrogen) atoms. The van der Waals surface area contributed by atoms with Gasteiger partial charge in [-0.25, -0.2) is 19.0 Å². The van der Waals surface area contributed by atoms with Crippen molar-refractivity contribution in [3.05, 3.63) is 108 Å². The number of hydrogen-bond acceptors (Lipinski definition) is 10. The predicted octanol–water partition coefficient (Wildman–Crippen LogP) is 8.23. The maximum atomic E-state index is 12.9. The van der Waals surface area contributed by atoms with Crippen molar-refractivity contribution in [1.82, 2.24) is 49.0 Å². The first-order valence-corrected chi connectivity index (χ1v) is 20.1. The van der Waals surface area contributed by atoms with E-state index in [9.17, 15) is 49.1 Å². The van der Waals surface area contributed by atoms with Crippen LogP contribution in [-0.4, -0.2) is 99.7 Å². The minimum atomic E-state index is -4.79. The van der Waals surface area contributed by atoms with Crippen molar-refractivity contribution in [2.45, 2.75) is 63.8 Å². The number of rotatable bonds is 6. The van der Waals surface area contributed by atoms with E-state index in [1.165, 1.54) is 33.7 Å². The summed E-state index contributed by atoms with van der Waals surface area (Å²) in [6.07, 6.45) is -7.25. The molecule has 6 atom stereocenters. The quantitative estimate of drug-likeness (QED) is 0.150. The zero-order chi connectivity index (χ0) is 45.1. The summed E-state index contributed by atoms with van der Waals surface area (Å²) in [5, 5.41) is 8.13. The molecule has 4 fully saturated rings. The van der Waals surface area contributed by atoms with Crippen LogP contribution in [0.25, 0.3) is 11.6 Å². The lowest BCUT2D eigenvalue weighted by Crippen LogP contribution is -2.30. The molecule has 0 bridgehead atoms. The SMILES string of the molecule is C.O=C(c1nc2nc(C(F)(F)F)ccn2n1)N1C[C@H]2CC(c3ccccc3OC(F)(F)F)C[C@H]2C1.O=C(c1nc2ncccn2n1)N1C[C@H]2CC(c3ccccc3OC(F)(F)F)C[C@H]2C1. The Balaban J connectivity index is 0.000000176. The van der Waals surface area contributed by atoms with Crippen molar-refractivity contribution in [3.63, 3.8) is 0 Å². The normalized spacial score (nSPS) is 22.9. The maximum absolute atomic E-state index is 12.9. The molecular weight excluding hydrogens is 880 g/mol. The molecule has 0 spiro atoms. The van der Waals surface area contributed by atoms with Crippen molar-refractivity contribution in [2.75, 3.05) is 26.2 Å². The second kappa shape index (κ2) is 17.1. The zero-order valence-electron chi connectivity index (χ0n) is 33.1. The second-order valence-electron chi connectivity index (χ2n) is 16.3. The van der Waals surface area contributed by atoms with Crippen LogP contribution in [0.15, 0.2) is 79.3 Å². The number of nitrogens with zero attached hydrogens (tertiary/aromatic N) is 10. The van der Waals surface area contributed by atoms with Crippen LogP contribution in [-0.2, 0) is 6.18 Å². The highest BCUT2D eigenvalue weighted by atomic mass is 19.4. The molecule has 6 heterocycles. The first kappa shape index (κ1) is 45.0. The van der Waals surface area contributed by atoms with Crippen molar-refractivity contribution in [3.8, 4) is 11.5 Å². The fourth-order valence-electron chi connectivity index (χ4n) is 9.64. The number of carbonyl (C=O) groups excluding carboxylic acids is 2. The smallest absolute Gasteiger partial charge is 0.405 e. The molecule has 2 aliphatic carbocycles. The van der Waals surface area contributed by atoms with Crippen molar-refractivity contribution < 1.29 is 58.6 Å². The van der Waals surface area contributed by atoms with Crippen LogP contribution in [0.1, 0.15) is 83.0 Å². The molecule has 4 aliphatic rings. The Morgan fingerprint density at radius 2 is 0.985 bits per heavy atom. The molecule has 0 N–H and O–H groups in total. The molecule has 2 amide bonds. The van der Waals surface area contributed by atoms with Crippen molar-refractivity contribution in [1.29, 1.82) is 0 Å². The van der Waals surface area contributed by atoms with Gasteiger partial charge in [-0.2, -0.15) is 23.1 Å². The first-order chi connectivity index (χ1) is 30.3. The number of carbonyl (C=O) groups is 2. The number of halogens is 9. The maximum Gasteiger partial charge on any atom is 0.573 e. The third-order valence-corrected chi connectivity index (χ3v) is 12.2. The molecule has 14 nitrogen and oxygen atoms in total. The van der Waals surface area contributed by atoms with Crippen molar-refractivity contribution in [2.24, 2.45) is 23.7 Å². The number of para-hydroxylation sites is 2. The molecule has 2 saturated carbocycles. The largest absolute Gasteiger partial charge is 0.573 e. The van der Waals surface area contributed by atoms with Gasteiger partial charge in [0.05, 0.1) is 0 Å². The van der Waals surface area contributed by atoms with Gasteiger partial charge in [0, 0.05) is 44.8 Å². The monoisotopic (exact) mass is 918 g/mol. The van der Waals surface area contributed by atoms with E-state index in [4.69, 9.17) is 0 Å². The van der Waals surface area contributed by atoms with Crippen LogP contribution in [0.4, 0.5) is 39.5 Å². The minimum Gasteiger partial charge on any atom is -0.405 e. The lowest BCUT2D eigenvalue weighted by atomic mass is 9.95. The van der Waals surface area contributed by atoms with Crippen LogP contribution in [0.5, 0.6) is 11.5 Å². The number of likely N-dealkylation sites (tertiary alicyclic amines) is 2. The Hall–Kier alpha value is -6.55. The molecule has 344 valence electrons. The fourth-order valence-corrected chi connectivity index (χ4v) is 9.64. The Morgan fingerprint density at radius 1 is 0.554 bits per heavy atom. The predicted molar refractivity (Wildman–Crippen MR) is 209 cm³/mol. The van der Waals surface area contributed by atoms with Gasteiger partial charge in [-0.3, -0.25) is 9.59 Å². The van der Waals surface area contributed by atoms with Gasteiger partial charge in [-0.1, -0.05) is 43.8 Å². The second-order valence-corrected chi connectivity index (χ2v) is 16.3. The first-order valence-electron chi connectivity index (χ1n) is 20.1. The van der Waals surface area contributed by atoms with Gasteiger partial charge < -0.3 is 19.3 Å². The molecule has 2 aromatic carbocycles. The van der Waals surface area contributed by atoms with Gasteiger partial charge in [0.1, 0.15) is 17.2 Å². The van der Waals surface area contributed by atoms with Gasteiger partial charge in [0.2, 0.25) is 11.6 Å². The van der Waals surface area contributed by atoms with E-state index in [0.29, 0.717) is 68.8 Å². The molecule has 2 aliphatic heterocycles. The van der Waals surface area contributed by atoms with E-state index in [1.807, 2.05) is 0 Å². The average Bonchev–Trinajstić information content (AvgIpc) is 4.08. The van der Waals surface area contributed by atoms with E-state index >= 15 is 0 Å². The number of aromatic nitrogens is 8. The molecule has 4 aromatic heterocycles. The summed E-state index contributed by atoms with van der Waals surface area (Å²) >= 11 is 0. The summed E-state index contributed by atoms with van der Waals surface area (Å²) < 4.78 is 126. The highest BCUT2D eigenvalue weighted by Gasteiger charge is 2.46. The van der Waals surface area contributed by atoms with Crippen molar-refractivity contribution >= 4 is 23.4 Å². The lowest BCUT2D eigenvalue weighted by Gasteiger charge is -2.20. The summed E-state index contributed by atoms with van der Waals surface area (Å²) in [5.74, 6) is -0.796. The summed E-state index contributed by atoms with van der Waals surface area (Å²) in [4.78, 5) is 44.5. The van der Waals surface area contributed by atoms with Crippen LogP contribution >= 0.6 is 0 Å². The molecule has 6 aromatic rings. The van der Waals surface area contributed by atoms with Gasteiger partial charge in [-0.15, -0.1) is 36.5 Å². The summed E-state index contributed by atoms with van der Waals surface area (Å²) in [6.45, 7) is 1.81. The number of benzene rings is 2. The Labute approximate surface area is 363 Å². The molecular formula is C42H39F9N10O4. The van der Waals surface area contributed by atoms with Crippen LogP contribution in [0.2, 0.25) is 0 Å². The highest BCUT2D eigenvalue weighted by molar-refractivity contribution is 5.91. The Kier molecular flexibility index (Phi) is 11.9. The van der Waals surface area contributed by atoms with E-state index in [-0.39, 0.29) is 77.8 Å². The van der Waals surface area contributed by atoms with Gasteiger partial charge in [0.25, 0.3) is 23.4 Å². The van der Waals surface area contributed by atoms with Gasteiger partial charge in [-0.05, 0) is 96.6 Å². The zero-order valence-corrected chi connectivity index (χ0v) is 33.1. The van der Waals surface area contributed by atoms with Crippen LogP contribution in [0.3, 0.4) is 0 Å².